The van der Waals surface area contributed by atoms with Crippen molar-refractivity contribution in [3.8, 4) is 11.5 Å². The molecule has 6 nitrogen and oxygen atoms in total. The van der Waals surface area contributed by atoms with Crippen LogP contribution >= 0.6 is 0 Å². The van der Waals surface area contributed by atoms with Crippen molar-refractivity contribution in [3.63, 3.8) is 0 Å². The zero-order valence-corrected chi connectivity index (χ0v) is 29.4. The number of aryl methyl sites for hydroxylation is 2. The Morgan fingerprint density at radius 3 is 1.03 bits per heavy atom. The normalized spacial score (nSPS) is 10.9. The molecule has 0 saturated carbocycles. The summed E-state index contributed by atoms with van der Waals surface area (Å²) >= 11 is 0. The molecule has 0 atom stereocenters. The summed E-state index contributed by atoms with van der Waals surface area (Å²) in [7, 11) is 3.27. The van der Waals surface area contributed by atoms with Crippen LogP contribution < -0.4 is 0 Å². The van der Waals surface area contributed by atoms with Crippen molar-refractivity contribution in [2.45, 2.75) is 119 Å². The van der Waals surface area contributed by atoms with Crippen LogP contribution in [0.4, 0.5) is 0 Å². The maximum Gasteiger partial charge on any atom is 0.124 e. The van der Waals surface area contributed by atoms with Crippen molar-refractivity contribution >= 4 is 0 Å². The molecule has 0 saturated heterocycles. The molecule has 0 heterocycles. The van der Waals surface area contributed by atoms with Crippen LogP contribution in [-0.4, -0.2) is 46.9 Å². The third kappa shape index (κ3) is 18.7. The maximum absolute atomic E-state index is 10.1. The van der Waals surface area contributed by atoms with Gasteiger partial charge in [0, 0.05) is 63.8 Å². The number of aliphatic hydroxyl groups excluding tert-OH is 2. The summed E-state index contributed by atoms with van der Waals surface area (Å²) in [5.74, 6) is 0.741. The minimum absolute atomic E-state index is 0. The van der Waals surface area contributed by atoms with Crippen LogP contribution in [0.15, 0.2) is 24.3 Å². The molecule has 0 aromatic heterocycles. The SMILES string of the molecule is CC(C)O.CC(C)O.COCc1cc(C)cc(C(C)(C)C)c1O.COCc1cc(C)cc(C(C)(C)C)c1O.[Zr]. The largest absolute Gasteiger partial charge is 0.507 e. The van der Waals surface area contributed by atoms with E-state index in [0.717, 1.165) is 33.4 Å². The third-order valence-corrected chi connectivity index (χ3v) is 4.88. The first kappa shape index (κ1) is 42.2. The average molecular weight is 628 g/mol. The number of phenols is 2. The predicted octanol–water partition coefficient (Wildman–Crippen LogP) is 7.06. The molecule has 2 aromatic rings. The van der Waals surface area contributed by atoms with E-state index in [1.54, 1.807) is 41.9 Å². The van der Waals surface area contributed by atoms with Crippen molar-refractivity contribution < 1.29 is 56.1 Å². The van der Waals surface area contributed by atoms with Gasteiger partial charge in [0.25, 0.3) is 0 Å². The van der Waals surface area contributed by atoms with E-state index in [4.69, 9.17) is 19.7 Å². The zero-order chi connectivity index (χ0) is 30.4. The predicted molar refractivity (Wildman–Crippen MR) is 159 cm³/mol. The summed E-state index contributed by atoms with van der Waals surface area (Å²) in [5.41, 5.74) is 5.92. The van der Waals surface area contributed by atoms with Gasteiger partial charge in [-0.3, -0.25) is 0 Å². The van der Waals surface area contributed by atoms with Crippen molar-refractivity contribution in [1.82, 2.24) is 0 Å². The van der Waals surface area contributed by atoms with E-state index < -0.39 is 0 Å². The smallest absolute Gasteiger partial charge is 0.124 e. The van der Waals surface area contributed by atoms with Crippen LogP contribution in [0.2, 0.25) is 0 Å². The average Bonchev–Trinajstić information content (AvgIpc) is 2.71. The van der Waals surface area contributed by atoms with Crippen molar-refractivity contribution in [1.29, 1.82) is 0 Å². The first-order valence-electron chi connectivity index (χ1n) is 13.2. The molecule has 0 fully saturated rings. The third-order valence-electron chi connectivity index (χ3n) is 4.88. The number of benzene rings is 2. The molecule has 0 aliphatic carbocycles. The Kier molecular flexibility index (Phi) is 21.4. The number of rotatable bonds is 4. The summed E-state index contributed by atoms with van der Waals surface area (Å²) in [6, 6.07) is 8.01. The van der Waals surface area contributed by atoms with Gasteiger partial charge in [-0.2, -0.15) is 0 Å². The Morgan fingerprint density at radius 2 is 0.846 bits per heavy atom. The van der Waals surface area contributed by atoms with Gasteiger partial charge in [0.1, 0.15) is 11.5 Å². The van der Waals surface area contributed by atoms with E-state index in [2.05, 4.69) is 41.5 Å². The second kappa shape index (κ2) is 19.8. The number of hydrogen-bond acceptors (Lipinski definition) is 6. The number of aromatic hydroxyl groups is 2. The van der Waals surface area contributed by atoms with Crippen LogP contribution in [0.1, 0.15) is 103 Å². The quantitative estimate of drug-likeness (QED) is 0.290. The van der Waals surface area contributed by atoms with Crippen LogP contribution in [-0.2, 0) is 59.7 Å². The van der Waals surface area contributed by atoms with E-state index in [1.165, 1.54) is 0 Å². The van der Waals surface area contributed by atoms with Crippen LogP contribution in [0.25, 0.3) is 0 Å². The monoisotopic (exact) mass is 626 g/mol. The van der Waals surface area contributed by atoms with Gasteiger partial charge >= 0.3 is 0 Å². The Hall–Kier alpha value is -1.24. The fourth-order valence-corrected chi connectivity index (χ4v) is 3.38. The van der Waals surface area contributed by atoms with E-state index in [-0.39, 0.29) is 49.2 Å². The Balaban J connectivity index is -0.000000512. The number of hydrogen-bond donors (Lipinski definition) is 4. The van der Waals surface area contributed by atoms with Gasteiger partial charge < -0.3 is 29.9 Å². The van der Waals surface area contributed by atoms with Gasteiger partial charge in [0.05, 0.1) is 13.2 Å². The minimum atomic E-state index is -0.167. The van der Waals surface area contributed by atoms with E-state index in [0.29, 0.717) is 24.7 Å². The fourth-order valence-electron chi connectivity index (χ4n) is 3.38. The summed E-state index contributed by atoms with van der Waals surface area (Å²) < 4.78 is 10.1. The molecular formula is C32H56O6Zr. The summed E-state index contributed by atoms with van der Waals surface area (Å²) in [6.07, 6.45) is -0.333. The first-order chi connectivity index (χ1) is 17.2. The van der Waals surface area contributed by atoms with Crippen LogP contribution in [0.5, 0.6) is 11.5 Å². The molecule has 2 aromatic carbocycles. The molecule has 0 bridgehead atoms. The summed E-state index contributed by atoms with van der Waals surface area (Å²) in [6.45, 7) is 24.4. The Labute approximate surface area is 257 Å². The van der Waals surface area contributed by atoms with E-state index >= 15 is 0 Å². The molecule has 0 unspecified atom stereocenters. The Bertz CT molecular complexity index is 858. The molecule has 4 N–H and O–H groups in total. The van der Waals surface area contributed by atoms with Crippen LogP contribution in [0.3, 0.4) is 0 Å². The molecule has 0 radical (unpaired) electrons. The number of ether oxygens (including phenoxy) is 2. The fraction of sp³-hybridized carbons (Fsp3) is 0.625. The number of aliphatic hydroxyl groups is 2. The molecule has 7 heteroatoms. The molecule has 0 aliphatic rings. The van der Waals surface area contributed by atoms with Gasteiger partial charge in [-0.15, -0.1) is 0 Å². The molecule has 0 aliphatic heterocycles. The minimum Gasteiger partial charge on any atom is -0.507 e. The van der Waals surface area contributed by atoms with E-state index in [1.807, 2.05) is 38.1 Å². The standard InChI is InChI=1S/2C13H20O2.2C3H8O.Zr/c2*1-9-6-10(8-15-5)12(14)11(7-9)13(2,3)4;2*1-3(2)4;/h2*6-7,14H,8H2,1-5H3;2*3-4H,1-2H3;. The van der Waals surface area contributed by atoms with Gasteiger partial charge in [0.2, 0.25) is 0 Å². The summed E-state index contributed by atoms with van der Waals surface area (Å²) in [5, 5.41) is 36.3. The molecule has 0 amide bonds. The summed E-state index contributed by atoms with van der Waals surface area (Å²) in [4.78, 5) is 0. The van der Waals surface area contributed by atoms with Gasteiger partial charge in [-0.05, 0) is 63.5 Å². The van der Waals surface area contributed by atoms with Gasteiger partial charge in [0.15, 0.2) is 0 Å². The second-order valence-electron chi connectivity index (χ2n) is 12.2. The topological polar surface area (TPSA) is 99.4 Å². The molecular weight excluding hydrogens is 572 g/mol. The molecule has 2 rings (SSSR count). The molecule has 39 heavy (non-hydrogen) atoms. The van der Waals surface area contributed by atoms with E-state index in [9.17, 15) is 10.2 Å². The van der Waals surface area contributed by atoms with Gasteiger partial charge in [-0.1, -0.05) is 76.9 Å². The van der Waals surface area contributed by atoms with Crippen LogP contribution in [0, 0.1) is 13.8 Å². The number of phenolic OH excluding ortho intramolecular Hbond substituents is 2. The van der Waals surface area contributed by atoms with Gasteiger partial charge in [-0.25, -0.2) is 0 Å². The molecule has 224 valence electrons. The van der Waals surface area contributed by atoms with Crippen molar-refractivity contribution in [2.75, 3.05) is 14.2 Å². The Morgan fingerprint density at radius 1 is 0.615 bits per heavy atom. The number of methoxy groups -OCH3 is 2. The van der Waals surface area contributed by atoms with Crippen molar-refractivity contribution in [2.24, 2.45) is 0 Å². The second-order valence-corrected chi connectivity index (χ2v) is 12.2. The first-order valence-corrected chi connectivity index (χ1v) is 13.2. The maximum atomic E-state index is 10.1. The molecule has 0 spiro atoms. The zero-order valence-electron chi connectivity index (χ0n) is 27.0. The van der Waals surface area contributed by atoms with Crippen molar-refractivity contribution in [3.05, 3.63) is 57.6 Å².